The molecule has 4 bridgehead atoms. The van der Waals surface area contributed by atoms with Crippen LogP contribution in [0.1, 0.15) is 60.2 Å². The molecule has 50 heavy (non-hydrogen) atoms. The smallest absolute Gasteiger partial charge is 0.338 e. The van der Waals surface area contributed by atoms with Crippen molar-refractivity contribution >= 4 is 35.8 Å². The molecule has 2 fully saturated rings. The Morgan fingerprint density at radius 2 is 0.960 bits per heavy atom. The molecule has 6 aliphatic rings. The highest BCUT2D eigenvalue weighted by atomic mass is 16.6. The average Bonchev–Trinajstić information content (AvgIpc) is 3.74. The third-order valence-electron chi connectivity index (χ3n) is 9.80. The van der Waals surface area contributed by atoms with Crippen molar-refractivity contribution in [3.05, 3.63) is 106 Å². The van der Waals surface area contributed by atoms with Crippen LogP contribution in [0, 0.1) is 11.8 Å². The van der Waals surface area contributed by atoms with Crippen LogP contribution in [0.2, 0.25) is 0 Å². The maximum atomic E-state index is 13.5. The molecule has 0 spiro atoms. The van der Waals surface area contributed by atoms with Crippen LogP contribution in [0.15, 0.2) is 95.2 Å². The van der Waals surface area contributed by atoms with Crippen molar-refractivity contribution in [2.75, 3.05) is 0 Å². The fourth-order valence-corrected chi connectivity index (χ4v) is 7.35. The van der Waals surface area contributed by atoms with E-state index in [0.717, 1.165) is 11.1 Å². The molecular formula is C38H34O12. The lowest BCUT2D eigenvalue weighted by Gasteiger charge is -2.26. The lowest BCUT2D eigenvalue weighted by atomic mass is 9.85. The highest BCUT2D eigenvalue weighted by molar-refractivity contribution is 5.96. The van der Waals surface area contributed by atoms with Crippen molar-refractivity contribution in [1.29, 1.82) is 0 Å². The number of carbonyl (C=O) groups excluding carboxylic acids is 6. The zero-order chi connectivity index (χ0) is 35.4. The summed E-state index contributed by atoms with van der Waals surface area (Å²) in [4.78, 5) is 76.9. The molecule has 0 N–H and O–H groups in total. The highest BCUT2D eigenvalue weighted by Gasteiger charge is 2.48. The minimum absolute atomic E-state index is 0.0950. The van der Waals surface area contributed by atoms with Gasteiger partial charge in [-0.25, -0.2) is 28.8 Å². The molecule has 0 aromatic heterocycles. The topological polar surface area (TPSA) is 158 Å². The second-order valence-corrected chi connectivity index (χ2v) is 13.4. The van der Waals surface area contributed by atoms with Gasteiger partial charge in [0.1, 0.15) is 36.6 Å². The summed E-state index contributed by atoms with van der Waals surface area (Å²) >= 11 is 0. The fourth-order valence-electron chi connectivity index (χ4n) is 7.35. The van der Waals surface area contributed by atoms with Crippen LogP contribution in [-0.2, 0) is 47.6 Å². The van der Waals surface area contributed by atoms with Gasteiger partial charge in [-0.1, -0.05) is 24.3 Å². The normalized spacial score (nSPS) is 33.9. The van der Waals surface area contributed by atoms with E-state index < -0.39 is 84.3 Å². The average molecular weight is 683 g/mol. The molecule has 258 valence electrons. The maximum Gasteiger partial charge on any atom is 0.338 e. The lowest BCUT2D eigenvalue weighted by molar-refractivity contribution is -0.142. The lowest BCUT2D eigenvalue weighted by Crippen LogP contribution is -2.33. The Morgan fingerprint density at radius 1 is 0.580 bits per heavy atom. The van der Waals surface area contributed by atoms with E-state index in [-0.39, 0.29) is 35.1 Å². The van der Waals surface area contributed by atoms with Crippen LogP contribution in [0.3, 0.4) is 0 Å². The van der Waals surface area contributed by atoms with Gasteiger partial charge >= 0.3 is 35.8 Å². The van der Waals surface area contributed by atoms with E-state index in [9.17, 15) is 28.8 Å². The minimum atomic E-state index is -0.934. The first-order valence-electron chi connectivity index (χ1n) is 16.3. The molecular weight excluding hydrogens is 648 g/mol. The molecule has 4 heterocycles. The Labute approximate surface area is 287 Å². The molecule has 0 saturated carbocycles. The Bertz CT molecular complexity index is 1740. The van der Waals surface area contributed by atoms with E-state index in [1.807, 2.05) is 13.8 Å². The summed E-state index contributed by atoms with van der Waals surface area (Å²) in [6, 6.07) is 5.67. The van der Waals surface area contributed by atoms with Gasteiger partial charge in [-0.15, -0.1) is 0 Å². The summed E-state index contributed by atoms with van der Waals surface area (Å²) in [6.45, 7) is 11.4. The Morgan fingerprint density at radius 3 is 1.34 bits per heavy atom. The van der Waals surface area contributed by atoms with Crippen molar-refractivity contribution in [2.45, 2.75) is 76.2 Å². The van der Waals surface area contributed by atoms with Gasteiger partial charge in [-0.05, 0) is 62.4 Å². The van der Waals surface area contributed by atoms with E-state index in [0.29, 0.717) is 24.0 Å². The predicted octanol–water partition coefficient (Wildman–Crippen LogP) is 4.12. The van der Waals surface area contributed by atoms with E-state index in [4.69, 9.17) is 28.4 Å². The van der Waals surface area contributed by atoms with E-state index in [2.05, 4.69) is 13.2 Å². The van der Waals surface area contributed by atoms with E-state index in [1.165, 1.54) is 24.3 Å². The number of rotatable bonds is 4. The number of fused-ring (bicyclic) bond motifs is 4. The summed E-state index contributed by atoms with van der Waals surface area (Å²) in [6.07, 6.45) is 3.47. The van der Waals surface area contributed by atoms with Gasteiger partial charge in [0.2, 0.25) is 0 Å². The largest absolute Gasteiger partial charge is 0.458 e. The molecule has 1 aromatic carbocycles. The van der Waals surface area contributed by atoms with Crippen LogP contribution >= 0.6 is 0 Å². The number of esters is 6. The second-order valence-electron chi connectivity index (χ2n) is 13.4. The molecule has 2 aliphatic carbocycles. The zero-order valence-corrected chi connectivity index (χ0v) is 27.4. The molecule has 0 amide bonds. The van der Waals surface area contributed by atoms with Gasteiger partial charge in [0.25, 0.3) is 0 Å². The van der Waals surface area contributed by atoms with Crippen LogP contribution in [0.5, 0.6) is 0 Å². The Balaban J connectivity index is 1.08. The van der Waals surface area contributed by atoms with Crippen LogP contribution in [0.25, 0.3) is 0 Å². The van der Waals surface area contributed by atoms with Gasteiger partial charge in [0.05, 0.1) is 23.0 Å². The zero-order valence-electron chi connectivity index (χ0n) is 27.4. The standard InChI is InChI=1S/C38H34O12/c1-17-9-25-13-23(37(43)45-25)15-29-31(19(3)33(39)47-29)27(11-17)49-35(41)21-5-7-22(8-6-21)36(42)50-28-12-18(2)10-26-14-24(38(44)46-26)16-30-32(28)20(4)34(40)48-30/h5-8,11-14,25-32H,3-4,9-10,15-16H2,1-2H3/b17-11+,18-12+/t25-,26-,27+,28+,29-,30-,31-,32-/m0/s1. The van der Waals surface area contributed by atoms with Gasteiger partial charge in [-0.3, -0.25) is 0 Å². The summed E-state index contributed by atoms with van der Waals surface area (Å²) < 4.78 is 33.8. The molecule has 7 rings (SSSR count). The second kappa shape index (κ2) is 12.7. The van der Waals surface area contributed by atoms with Gasteiger partial charge in [-0.2, -0.15) is 0 Å². The van der Waals surface area contributed by atoms with Crippen molar-refractivity contribution in [2.24, 2.45) is 11.8 Å². The van der Waals surface area contributed by atoms with Gasteiger partial charge < -0.3 is 28.4 Å². The van der Waals surface area contributed by atoms with E-state index >= 15 is 0 Å². The molecule has 0 unspecified atom stereocenters. The number of hydrogen-bond donors (Lipinski definition) is 0. The third kappa shape index (κ3) is 6.21. The molecule has 8 atom stereocenters. The quantitative estimate of drug-likeness (QED) is 0.194. The third-order valence-corrected chi connectivity index (χ3v) is 9.80. The van der Waals surface area contributed by atoms with E-state index in [1.54, 1.807) is 24.3 Å². The first-order valence-corrected chi connectivity index (χ1v) is 16.3. The molecule has 0 radical (unpaired) electrons. The summed E-state index contributed by atoms with van der Waals surface area (Å²) in [5.41, 5.74) is 2.86. The summed E-state index contributed by atoms with van der Waals surface area (Å²) in [5, 5.41) is 0. The minimum Gasteiger partial charge on any atom is -0.458 e. The summed E-state index contributed by atoms with van der Waals surface area (Å²) in [5.74, 6) is -5.12. The van der Waals surface area contributed by atoms with Crippen LogP contribution in [0.4, 0.5) is 0 Å². The van der Waals surface area contributed by atoms with Crippen molar-refractivity contribution in [1.82, 2.24) is 0 Å². The maximum absolute atomic E-state index is 13.5. The molecule has 2 saturated heterocycles. The predicted molar refractivity (Wildman–Crippen MR) is 172 cm³/mol. The Kier molecular flexibility index (Phi) is 8.41. The van der Waals surface area contributed by atoms with Gasteiger partial charge in [0.15, 0.2) is 0 Å². The molecule has 1 aromatic rings. The fraction of sp³-hybridized carbons (Fsp3) is 0.368. The monoisotopic (exact) mass is 682 g/mol. The SMILES string of the molecule is C=C1C(=O)O[C@H]2CC3=C[C@H](C/C(C)=C/[C@@H](OC(=O)c4ccc(C(=O)O[C@@H]5/C=C(\C)C[C@H]6C=C(C[C@@H]7OC(=O)C(=C)[C@H]75)C(=O)O6)cc4)[C@H]12)OC3=O. The highest BCUT2D eigenvalue weighted by Crippen LogP contribution is 2.40. The summed E-state index contributed by atoms with van der Waals surface area (Å²) in [7, 11) is 0. The number of ether oxygens (including phenoxy) is 6. The number of benzene rings is 1. The van der Waals surface area contributed by atoms with Crippen LogP contribution in [-0.4, -0.2) is 72.4 Å². The molecule has 4 aliphatic heterocycles. The van der Waals surface area contributed by atoms with Crippen molar-refractivity contribution in [3.8, 4) is 0 Å². The number of hydrogen-bond acceptors (Lipinski definition) is 12. The first-order chi connectivity index (χ1) is 23.8. The van der Waals surface area contributed by atoms with Gasteiger partial charge in [0, 0.05) is 48.0 Å². The number of carbonyl (C=O) groups is 6. The van der Waals surface area contributed by atoms with Crippen LogP contribution < -0.4 is 0 Å². The van der Waals surface area contributed by atoms with Crippen molar-refractivity contribution < 1.29 is 57.2 Å². The Hall–Kier alpha value is -5.52. The first kappa shape index (κ1) is 33.0. The van der Waals surface area contributed by atoms with Crippen molar-refractivity contribution in [3.63, 3.8) is 0 Å². The molecule has 12 heteroatoms. The molecule has 12 nitrogen and oxygen atoms in total.